The molecule has 0 saturated heterocycles. The lowest BCUT2D eigenvalue weighted by atomic mass is 10.2. The maximum absolute atomic E-state index is 12.6. The number of aliphatic imine (C=N–C) groups is 2. The Hall–Kier alpha value is -2.06. The van der Waals surface area contributed by atoms with Gasteiger partial charge in [0.15, 0.2) is 0 Å². The molecule has 0 aliphatic rings. The molecule has 0 bridgehead atoms. The molecule has 0 aliphatic heterocycles. The summed E-state index contributed by atoms with van der Waals surface area (Å²) in [6, 6.07) is -0.313. The molecule has 0 heterocycles. The third-order valence-corrected chi connectivity index (χ3v) is 3.14. The Morgan fingerprint density at radius 1 is 1.32 bits per heavy atom. The van der Waals surface area contributed by atoms with Crippen molar-refractivity contribution in [3.05, 3.63) is 11.6 Å². The van der Waals surface area contributed by atoms with Gasteiger partial charge >= 0.3 is 12.3 Å². The van der Waals surface area contributed by atoms with E-state index < -0.39 is 23.4 Å². The van der Waals surface area contributed by atoms with Crippen molar-refractivity contribution in [2.75, 3.05) is 13.6 Å². The van der Waals surface area contributed by atoms with E-state index in [9.17, 15) is 18.0 Å². The smallest absolute Gasteiger partial charge is 0.417 e. The first kappa shape index (κ1) is 22.9. The highest BCUT2D eigenvalue weighted by Crippen LogP contribution is 2.23. The molecule has 0 radical (unpaired) electrons. The number of hydrogen-bond donors (Lipinski definition) is 1. The summed E-state index contributed by atoms with van der Waals surface area (Å²) < 4.78 is 43.0. The molecule has 1 amide bonds. The Bertz CT molecular complexity index is 534. The predicted octanol–water partition coefficient (Wildman–Crippen LogP) is 3.53. The number of allylic oxidation sites excluding steroid dienone is 2. The van der Waals surface area contributed by atoms with Crippen molar-refractivity contribution in [2.45, 2.75) is 58.9 Å². The molecule has 0 aromatic heterocycles. The lowest BCUT2D eigenvalue weighted by Gasteiger charge is -2.29. The number of halogens is 3. The Balaban J connectivity index is 4.93. The van der Waals surface area contributed by atoms with Gasteiger partial charge in [0.1, 0.15) is 5.60 Å². The molecule has 0 rings (SSSR count). The van der Waals surface area contributed by atoms with Crippen molar-refractivity contribution < 1.29 is 22.7 Å². The third-order valence-electron chi connectivity index (χ3n) is 3.14. The molecule has 0 aromatic carbocycles. The number of nitrogens with two attached hydrogens (primary N) is 1. The molecule has 0 aromatic rings. The number of ether oxygens (including phenoxy) is 1. The maximum atomic E-state index is 12.6. The van der Waals surface area contributed by atoms with Crippen LogP contribution < -0.4 is 5.73 Å². The number of guanidine groups is 1. The van der Waals surface area contributed by atoms with Gasteiger partial charge in [-0.25, -0.2) is 14.8 Å². The molecule has 6 nitrogen and oxygen atoms in total. The molecule has 2 N–H and O–H groups in total. The van der Waals surface area contributed by atoms with Gasteiger partial charge in [0.2, 0.25) is 5.96 Å². The summed E-state index contributed by atoms with van der Waals surface area (Å²) in [5.41, 5.74) is 3.98. The SMILES string of the molecule is C/C=C(\C=NC(N)=NC[C@H](CC)N(C)C(=O)OC(C)(C)C)C(F)(F)F. The van der Waals surface area contributed by atoms with Crippen LogP contribution >= 0.6 is 0 Å². The van der Waals surface area contributed by atoms with Gasteiger partial charge < -0.3 is 15.4 Å². The summed E-state index contributed by atoms with van der Waals surface area (Å²) >= 11 is 0. The minimum atomic E-state index is -4.50. The van der Waals surface area contributed by atoms with Crippen molar-refractivity contribution in [1.82, 2.24) is 4.90 Å². The Kier molecular flexibility index (Phi) is 8.65. The predicted molar refractivity (Wildman–Crippen MR) is 92.9 cm³/mol. The van der Waals surface area contributed by atoms with E-state index in [4.69, 9.17) is 10.5 Å². The van der Waals surface area contributed by atoms with Gasteiger partial charge in [-0.05, 0) is 34.1 Å². The van der Waals surface area contributed by atoms with Crippen LogP contribution in [0.5, 0.6) is 0 Å². The van der Waals surface area contributed by atoms with Gasteiger partial charge in [0.05, 0.1) is 18.2 Å². The van der Waals surface area contributed by atoms with E-state index in [1.807, 2.05) is 6.92 Å². The molecule has 0 spiro atoms. The molecule has 0 saturated carbocycles. The van der Waals surface area contributed by atoms with Gasteiger partial charge in [-0.3, -0.25) is 0 Å². The van der Waals surface area contributed by atoms with Crippen molar-refractivity contribution in [3.8, 4) is 0 Å². The number of likely N-dealkylation sites (N-methyl/N-ethyl adjacent to an activating group) is 1. The third kappa shape index (κ3) is 9.11. The van der Waals surface area contributed by atoms with Crippen LogP contribution in [0, 0.1) is 0 Å². The molecular formula is C16H27F3N4O2. The highest BCUT2D eigenvalue weighted by Gasteiger charge is 2.31. The second-order valence-corrected chi connectivity index (χ2v) is 6.35. The van der Waals surface area contributed by atoms with E-state index in [-0.39, 0.29) is 18.5 Å². The molecule has 25 heavy (non-hydrogen) atoms. The maximum Gasteiger partial charge on any atom is 0.417 e. The number of carbonyl (C=O) groups is 1. The van der Waals surface area contributed by atoms with E-state index >= 15 is 0 Å². The van der Waals surface area contributed by atoms with Crippen molar-refractivity contribution in [3.63, 3.8) is 0 Å². The van der Waals surface area contributed by atoms with Crippen LogP contribution in [0.4, 0.5) is 18.0 Å². The van der Waals surface area contributed by atoms with Crippen LogP contribution in [0.3, 0.4) is 0 Å². The lowest BCUT2D eigenvalue weighted by Crippen LogP contribution is -2.42. The number of amides is 1. The first-order valence-electron chi connectivity index (χ1n) is 7.85. The van der Waals surface area contributed by atoms with Crippen LogP contribution in [0.1, 0.15) is 41.0 Å². The highest BCUT2D eigenvalue weighted by molar-refractivity contribution is 5.93. The monoisotopic (exact) mass is 364 g/mol. The second kappa shape index (κ2) is 9.43. The fourth-order valence-corrected chi connectivity index (χ4v) is 1.70. The van der Waals surface area contributed by atoms with Crippen molar-refractivity contribution in [2.24, 2.45) is 15.7 Å². The summed E-state index contributed by atoms with van der Waals surface area (Å²) in [6.45, 7) is 8.47. The van der Waals surface area contributed by atoms with E-state index in [2.05, 4.69) is 9.98 Å². The van der Waals surface area contributed by atoms with Crippen molar-refractivity contribution in [1.29, 1.82) is 0 Å². The number of carbonyl (C=O) groups excluding carboxylic acids is 1. The quantitative estimate of drug-likeness (QED) is 0.599. The summed E-state index contributed by atoms with van der Waals surface area (Å²) in [6.07, 6.45) is -2.93. The number of rotatable bonds is 5. The minimum Gasteiger partial charge on any atom is -0.444 e. The van der Waals surface area contributed by atoms with E-state index in [1.54, 1.807) is 27.8 Å². The summed E-state index contributed by atoms with van der Waals surface area (Å²) in [7, 11) is 1.57. The average Bonchev–Trinajstić information content (AvgIpc) is 2.44. The Labute approximate surface area is 146 Å². The van der Waals surface area contributed by atoms with E-state index in [0.29, 0.717) is 12.6 Å². The van der Waals surface area contributed by atoms with Crippen LogP contribution in [-0.4, -0.2) is 54.6 Å². The zero-order valence-corrected chi connectivity index (χ0v) is 15.5. The number of nitrogens with zero attached hydrogens (tertiary/aromatic N) is 3. The fourth-order valence-electron chi connectivity index (χ4n) is 1.70. The van der Waals surface area contributed by atoms with Crippen LogP contribution in [0.25, 0.3) is 0 Å². The molecule has 0 aliphatic carbocycles. The zero-order chi connectivity index (χ0) is 19.8. The number of hydrogen-bond acceptors (Lipinski definition) is 3. The van der Waals surface area contributed by atoms with Gasteiger partial charge in [-0.1, -0.05) is 13.0 Å². The highest BCUT2D eigenvalue weighted by atomic mass is 19.4. The van der Waals surface area contributed by atoms with Gasteiger partial charge in [0.25, 0.3) is 0 Å². The molecule has 144 valence electrons. The van der Waals surface area contributed by atoms with Crippen molar-refractivity contribution >= 4 is 18.3 Å². The Morgan fingerprint density at radius 3 is 2.28 bits per heavy atom. The molecule has 1 atom stereocenters. The average molecular weight is 364 g/mol. The zero-order valence-electron chi connectivity index (χ0n) is 15.5. The Morgan fingerprint density at radius 2 is 1.88 bits per heavy atom. The van der Waals surface area contributed by atoms with E-state index in [1.165, 1.54) is 11.8 Å². The first-order chi connectivity index (χ1) is 11.3. The molecule has 0 fully saturated rings. The fraction of sp³-hybridized carbons (Fsp3) is 0.688. The standard InChI is InChI=1S/C16H27F3N4O2/c1-7-11(16(17,18)19)9-21-13(20)22-10-12(8-2)23(6)14(24)25-15(3,4)5/h7,9,12H,8,10H2,1-6H3,(H2,20,22)/b11-7+,21-9?/t12-/m0/s1. The second-order valence-electron chi connectivity index (χ2n) is 6.35. The van der Waals surface area contributed by atoms with Gasteiger partial charge in [-0.15, -0.1) is 0 Å². The normalized spacial score (nSPS) is 15.4. The lowest BCUT2D eigenvalue weighted by molar-refractivity contribution is -0.0857. The van der Waals surface area contributed by atoms with Crippen LogP contribution in [-0.2, 0) is 4.74 Å². The topological polar surface area (TPSA) is 80.3 Å². The summed E-state index contributed by atoms with van der Waals surface area (Å²) in [4.78, 5) is 20.9. The first-order valence-corrected chi connectivity index (χ1v) is 7.85. The molecule has 0 unspecified atom stereocenters. The summed E-state index contributed by atoms with van der Waals surface area (Å²) in [5.74, 6) is -0.292. The summed E-state index contributed by atoms with van der Waals surface area (Å²) in [5, 5.41) is 0. The van der Waals surface area contributed by atoms with Crippen LogP contribution in [0.15, 0.2) is 21.6 Å². The minimum absolute atomic E-state index is 0.104. The molecular weight excluding hydrogens is 337 g/mol. The van der Waals surface area contributed by atoms with Gasteiger partial charge in [0, 0.05) is 13.3 Å². The molecule has 9 heteroatoms. The van der Waals surface area contributed by atoms with E-state index in [0.717, 1.165) is 6.08 Å². The van der Waals surface area contributed by atoms with Crippen LogP contribution in [0.2, 0.25) is 0 Å². The largest absolute Gasteiger partial charge is 0.444 e. The van der Waals surface area contributed by atoms with Gasteiger partial charge in [-0.2, -0.15) is 13.2 Å². The number of alkyl halides is 3.